The van der Waals surface area contributed by atoms with E-state index in [0.29, 0.717) is 18.3 Å². The fourth-order valence-electron chi connectivity index (χ4n) is 9.06. The lowest BCUT2D eigenvalue weighted by molar-refractivity contribution is -0.176. The first-order chi connectivity index (χ1) is 17.1. The molecule has 0 bridgehead atoms. The van der Waals surface area contributed by atoms with Crippen LogP contribution in [0.15, 0.2) is 34.9 Å². The quantitative estimate of drug-likeness (QED) is 0.311. The predicted molar refractivity (Wildman–Crippen MR) is 147 cm³/mol. The van der Waals surface area contributed by atoms with Crippen molar-refractivity contribution in [2.24, 2.45) is 39.9 Å². The smallest absolute Gasteiger partial charge is 0.303 e. The van der Waals surface area contributed by atoms with Crippen molar-refractivity contribution >= 4 is 5.97 Å². The molecule has 3 N–H and O–H groups in total. The SMILES string of the molecule is C=C(CCC(C)[C@H]1CC=C2C3=C([C@@H](O)[C@H](OC(C)=O)[C@@]21C)[C@@]1(C)C[C@@H](O)[C@H](O)C(C)(C)C1CC3)C(C)C. The molecule has 0 aliphatic heterocycles. The van der Waals surface area contributed by atoms with E-state index in [9.17, 15) is 20.1 Å². The second-order valence-corrected chi connectivity index (χ2v) is 14.0. The number of aliphatic hydroxyl groups excluding tert-OH is 3. The lowest BCUT2D eigenvalue weighted by Gasteiger charge is -2.62. The molecule has 0 aromatic carbocycles. The Labute approximate surface area is 224 Å². The van der Waals surface area contributed by atoms with Gasteiger partial charge in [-0.05, 0) is 89.7 Å². The zero-order valence-corrected chi connectivity index (χ0v) is 24.3. The van der Waals surface area contributed by atoms with Crippen LogP contribution >= 0.6 is 0 Å². The Hall–Kier alpha value is -1.43. The molecule has 4 aliphatic rings. The van der Waals surface area contributed by atoms with Crippen LogP contribution in [0.3, 0.4) is 0 Å². The van der Waals surface area contributed by atoms with E-state index in [1.807, 2.05) is 13.8 Å². The van der Waals surface area contributed by atoms with E-state index in [-0.39, 0.29) is 17.8 Å². The van der Waals surface area contributed by atoms with Crippen molar-refractivity contribution in [2.45, 2.75) is 118 Å². The van der Waals surface area contributed by atoms with Gasteiger partial charge in [-0.15, -0.1) is 0 Å². The molecule has 4 aliphatic carbocycles. The Morgan fingerprint density at radius 3 is 2.41 bits per heavy atom. The van der Waals surface area contributed by atoms with Gasteiger partial charge in [0.25, 0.3) is 0 Å². The average molecular weight is 515 g/mol. The van der Waals surface area contributed by atoms with E-state index in [1.54, 1.807) is 0 Å². The van der Waals surface area contributed by atoms with Gasteiger partial charge < -0.3 is 20.1 Å². The molecule has 5 nitrogen and oxygen atoms in total. The Balaban J connectivity index is 1.78. The number of hydrogen-bond acceptors (Lipinski definition) is 5. The van der Waals surface area contributed by atoms with Gasteiger partial charge in [0.15, 0.2) is 0 Å². The molecule has 0 saturated heterocycles. The maximum atomic E-state index is 12.4. The zero-order valence-electron chi connectivity index (χ0n) is 24.3. The van der Waals surface area contributed by atoms with Crippen LogP contribution in [0.25, 0.3) is 0 Å². The topological polar surface area (TPSA) is 87.0 Å². The van der Waals surface area contributed by atoms with Crippen molar-refractivity contribution in [1.82, 2.24) is 0 Å². The maximum absolute atomic E-state index is 12.4. The molecule has 0 spiro atoms. The Morgan fingerprint density at radius 2 is 1.81 bits per heavy atom. The molecule has 208 valence electrons. The summed E-state index contributed by atoms with van der Waals surface area (Å²) < 4.78 is 6.04. The third-order valence-electron chi connectivity index (χ3n) is 11.2. The van der Waals surface area contributed by atoms with E-state index >= 15 is 0 Å². The predicted octanol–water partition coefficient (Wildman–Crippen LogP) is 5.74. The van der Waals surface area contributed by atoms with E-state index in [2.05, 4.69) is 47.3 Å². The van der Waals surface area contributed by atoms with E-state index in [1.165, 1.54) is 23.6 Å². The number of allylic oxidation sites excluding steroid dienone is 3. The molecule has 1 fully saturated rings. The van der Waals surface area contributed by atoms with Gasteiger partial charge >= 0.3 is 5.97 Å². The number of ether oxygens (including phenoxy) is 1. The van der Waals surface area contributed by atoms with Gasteiger partial charge in [0.2, 0.25) is 0 Å². The molecule has 0 aromatic rings. The zero-order chi connectivity index (χ0) is 27.7. The number of fused-ring (bicyclic) bond motifs is 4. The summed E-state index contributed by atoms with van der Waals surface area (Å²) in [6, 6.07) is 0. The fraction of sp³-hybridized carbons (Fsp3) is 0.781. The van der Waals surface area contributed by atoms with Crippen LogP contribution < -0.4 is 0 Å². The number of rotatable bonds is 6. The second-order valence-electron chi connectivity index (χ2n) is 14.0. The minimum atomic E-state index is -0.939. The summed E-state index contributed by atoms with van der Waals surface area (Å²) in [5.41, 5.74) is 3.17. The molecule has 2 unspecified atom stereocenters. The first-order valence-electron chi connectivity index (χ1n) is 14.4. The van der Waals surface area contributed by atoms with Gasteiger partial charge in [0.1, 0.15) is 12.2 Å². The molecule has 9 atom stereocenters. The summed E-state index contributed by atoms with van der Waals surface area (Å²) in [7, 11) is 0. The highest BCUT2D eigenvalue weighted by atomic mass is 16.6. The average Bonchev–Trinajstić information content (AvgIpc) is 3.15. The molecule has 37 heavy (non-hydrogen) atoms. The number of carbonyl (C=O) groups is 1. The van der Waals surface area contributed by atoms with Gasteiger partial charge in [-0.1, -0.05) is 66.7 Å². The fourth-order valence-corrected chi connectivity index (χ4v) is 9.06. The Morgan fingerprint density at radius 1 is 1.16 bits per heavy atom. The van der Waals surface area contributed by atoms with Gasteiger partial charge in [-0.3, -0.25) is 4.79 Å². The maximum Gasteiger partial charge on any atom is 0.303 e. The summed E-state index contributed by atoms with van der Waals surface area (Å²) in [4.78, 5) is 12.4. The molecule has 0 radical (unpaired) electrons. The molecule has 0 aromatic heterocycles. The normalized spacial score (nSPS) is 41.5. The third-order valence-corrected chi connectivity index (χ3v) is 11.2. The van der Waals surface area contributed by atoms with Gasteiger partial charge in [0, 0.05) is 12.3 Å². The number of esters is 1. The summed E-state index contributed by atoms with van der Waals surface area (Å²) in [5, 5.41) is 33.9. The van der Waals surface area contributed by atoms with Crippen LogP contribution in [-0.2, 0) is 9.53 Å². The lowest BCUT2D eigenvalue weighted by Crippen LogP contribution is -2.62. The standard InChI is InChI=1S/C32H50O5/c1-17(2)18(3)10-11-19(4)22-13-14-23-21-12-15-25-30(6,7)28(36)24(34)16-31(25,8)26(21)27(35)29(32(22,23)9)37-20(5)33/h14,17,19,22,24-25,27-29,34-36H,3,10-13,15-16H2,1-2,4-9H3/t19?,22-,24-,25?,27-,28+,29+,31+,32-/m1/s1. The highest BCUT2D eigenvalue weighted by molar-refractivity contribution is 5.67. The molecule has 0 heterocycles. The van der Waals surface area contributed by atoms with Crippen LogP contribution in [0.5, 0.6) is 0 Å². The first kappa shape index (κ1) is 28.6. The van der Waals surface area contributed by atoms with Crippen LogP contribution in [0.1, 0.15) is 93.9 Å². The number of aliphatic hydroxyl groups is 3. The van der Waals surface area contributed by atoms with Gasteiger partial charge in [-0.2, -0.15) is 0 Å². The molecule has 4 rings (SSSR count). The van der Waals surface area contributed by atoms with E-state index in [4.69, 9.17) is 4.74 Å². The molecule has 0 amide bonds. The minimum Gasteiger partial charge on any atom is -0.458 e. The molecular weight excluding hydrogens is 464 g/mol. The minimum absolute atomic E-state index is 0.105. The van der Waals surface area contributed by atoms with Crippen molar-refractivity contribution in [3.8, 4) is 0 Å². The monoisotopic (exact) mass is 514 g/mol. The summed E-state index contributed by atoms with van der Waals surface area (Å²) in [5.74, 6) is 0.808. The summed E-state index contributed by atoms with van der Waals surface area (Å²) >= 11 is 0. The van der Waals surface area contributed by atoms with Crippen molar-refractivity contribution in [1.29, 1.82) is 0 Å². The first-order valence-corrected chi connectivity index (χ1v) is 14.4. The van der Waals surface area contributed by atoms with Crippen molar-refractivity contribution in [2.75, 3.05) is 0 Å². The number of hydrogen-bond donors (Lipinski definition) is 3. The van der Waals surface area contributed by atoms with Gasteiger partial charge in [0.05, 0.1) is 12.2 Å². The Bertz CT molecular complexity index is 1000. The molecular formula is C32H50O5. The highest BCUT2D eigenvalue weighted by Gasteiger charge is 2.64. The van der Waals surface area contributed by atoms with Crippen molar-refractivity contribution < 1.29 is 24.9 Å². The Kier molecular flexibility index (Phi) is 7.45. The molecule has 1 saturated carbocycles. The van der Waals surface area contributed by atoms with Crippen LogP contribution in [0, 0.1) is 39.9 Å². The van der Waals surface area contributed by atoms with E-state index in [0.717, 1.165) is 37.7 Å². The third kappa shape index (κ3) is 4.28. The van der Waals surface area contributed by atoms with Crippen molar-refractivity contribution in [3.63, 3.8) is 0 Å². The summed E-state index contributed by atoms with van der Waals surface area (Å²) in [6.07, 6.45) is 4.08. The highest BCUT2D eigenvalue weighted by Crippen LogP contribution is 2.67. The van der Waals surface area contributed by atoms with E-state index < -0.39 is 40.7 Å². The van der Waals surface area contributed by atoms with Crippen molar-refractivity contribution in [3.05, 3.63) is 34.9 Å². The second kappa shape index (κ2) is 9.64. The largest absolute Gasteiger partial charge is 0.458 e. The van der Waals surface area contributed by atoms with Crippen LogP contribution in [0.2, 0.25) is 0 Å². The summed E-state index contributed by atoms with van der Waals surface area (Å²) in [6.45, 7) is 20.8. The van der Waals surface area contributed by atoms with Gasteiger partial charge in [-0.25, -0.2) is 0 Å². The molecule has 5 heteroatoms. The number of carbonyl (C=O) groups excluding carboxylic acids is 1. The van der Waals surface area contributed by atoms with Crippen LogP contribution in [-0.4, -0.2) is 45.7 Å². The lowest BCUT2D eigenvalue weighted by atomic mass is 9.45. The van der Waals surface area contributed by atoms with Crippen LogP contribution in [0.4, 0.5) is 0 Å².